The molecule has 0 radical (unpaired) electrons. The summed E-state index contributed by atoms with van der Waals surface area (Å²) in [5.74, 6) is 0.532. The summed E-state index contributed by atoms with van der Waals surface area (Å²) in [5.41, 5.74) is 1.11. The molecule has 0 aromatic heterocycles. The van der Waals surface area contributed by atoms with E-state index in [9.17, 15) is 4.79 Å². The van der Waals surface area contributed by atoms with Gasteiger partial charge in [0.1, 0.15) is 6.10 Å². The fraction of sp³-hybridized carbons (Fsp3) is 0.400. The standard InChI is InChI=1S/C15H19NO2/c1-11(2)10-13-14(18-15(17)16-13)9-8-12-6-4-3-5-7-12/h3-9,11,13-14H,10H2,1-2H3,(H,16,17). The van der Waals surface area contributed by atoms with Crippen LogP contribution in [0.25, 0.3) is 6.08 Å². The van der Waals surface area contributed by atoms with Gasteiger partial charge in [-0.15, -0.1) is 0 Å². The fourth-order valence-electron chi connectivity index (χ4n) is 2.12. The van der Waals surface area contributed by atoms with Gasteiger partial charge >= 0.3 is 6.09 Å². The highest BCUT2D eigenvalue weighted by Crippen LogP contribution is 2.18. The smallest absolute Gasteiger partial charge is 0.408 e. The molecule has 1 aromatic rings. The Hall–Kier alpha value is -1.77. The summed E-state index contributed by atoms with van der Waals surface area (Å²) in [6.45, 7) is 4.28. The highest BCUT2D eigenvalue weighted by atomic mass is 16.6. The molecule has 2 rings (SSSR count). The van der Waals surface area contributed by atoms with Gasteiger partial charge in [0.15, 0.2) is 0 Å². The normalized spacial score (nSPS) is 23.4. The van der Waals surface area contributed by atoms with Crippen LogP contribution >= 0.6 is 0 Å². The van der Waals surface area contributed by atoms with Crippen molar-refractivity contribution in [2.24, 2.45) is 5.92 Å². The average Bonchev–Trinajstić information content (AvgIpc) is 2.67. The minimum Gasteiger partial charge on any atom is -0.440 e. The maximum absolute atomic E-state index is 11.3. The van der Waals surface area contributed by atoms with Crippen LogP contribution in [-0.2, 0) is 4.74 Å². The van der Waals surface area contributed by atoms with Crippen molar-refractivity contribution in [3.05, 3.63) is 42.0 Å². The predicted molar refractivity (Wildman–Crippen MR) is 72.1 cm³/mol. The number of amides is 1. The zero-order chi connectivity index (χ0) is 13.0. The van der Waals surface area contributed by atoms with E-state index in [4.69, 9.17) is 4.74 Å². The van der Waals surface area contributed by atoms with Crippen LogP contribution < -0.4 is 5.32 Å². The first kappa shape index (κ1) is 12.7. The molecule has 1 amide bonds. The minimum absolute atomic E-state index is 0.0810. The highest BCUT2D eigenvalue weighted by molar-refractivity contribution is 5.71. The highest BCUT2D eigenvalue weighted by Gasteiger charge is 2.32. The summed E-state index contributed by atoms with van der Waals surface area (Å²) < 4.78 is 5.26. The number of hydrogen-bond acceptors (Lipinski definition) is 2. The first-order valence-corrected chi connectivity index (χ1v) is 6.35. The number of benzene rings is 1. The molecule has 0 saturated carbocycles. The van der Waals surface area contributed by atoms with E-state index in [1.165, 1.54) is 0 Å². The number of rotatable bonds is 4. The van der Waals surface area contributed by atoms with Gasteiger partial charge < -0.3 is 10.1 Å². The van der Waals surface area contributed by atoms with E-state index in [1.807, 2.05) is 42.5 Å². The number of carbonyl (C=O) groups is 1. The molecule has 0 bridgehead atoms. The zero-order valence-corrected chi connectivity index (χ0v) is 10.8. The van der Waals surface area contributed by atoms with Crippen molar-refractivity contribution in [1.82, 2.24) is 5.32 Å². The zero-order valence-electron chi connectivity index (χ0n) is 10.8. The Bertz CT molecular complexity index is 425. The Morgan fingerprint density at radius 3 is 2.72 bits per heavy atom. The third-order valence-corrected chi connectivity index (χ3v) is 2.95. The van der Waals surface area contributed by atoms with Gasteiger partial charge in [0.05, 0.1) is 6.04 Å². The number of ether oxygens (including phenoxy) is 1. The summed E-state index contributed by atoms with van der Waals surface area (Å²) in [7, 11) is 0. The summed E-state index contributed by atoms with van der Waals surface area (Å²) in [4.78, 5) is 11.3. The molecule has 1 aliphatic rings. The SMILES string of the molecule is CC(C)CC1NC(=O)OC1C=Cc1ccccc1. The second-order valence-electron chi connectivity index (χ2n) is 5.02. The molecule has 1 N–H and O–H groups in total. The van der Waals surface area contributed by atoms with Crippen molar-refractivity contribution < 1.29 is 9.53 Å². The lowest BCUT2D eigenvalue weighted by atomic mass is 9.99. The quantitative estimate of drug-likeness (QED) is 0.884. The van der Waals surface area contributed by atoms with Crippen LogP contribution in [0.5, 0.6) is 0 Å². The molecular formula is C15H19NO2. The molecule has 2 unspecified atom stereocenters. The lowest BCUT2D eigenvalue weighted by molar-refractivity contribution is 0.151. The first-order valence-electron chi connectivity index (χ1n) is 6.35. The van der Waals surface area contributed by atoms with Crippen LogP contribution in [0.15, 0.2) is 36.4 Å². The predicted octanol–water partition coefficient (Wildman–Crippen LogP) is 3.22. The molecule has 1 saturated heterocycles. The van der Waals surface area contributed by atoms with E-state index in [0.717, 1.165) is 12.0 Å². The Labute approximate surface area is 108 Å². The van der Waals surface area contributed by atoms with Crippen molar-refractivity contribution in [1.29, 1.82) is 0 Å². The second kappa shape index (κ2) is 5.71. The van der Waals surface area contributed by atoms with Crippen LogP contribution in [0.2, 0.25) is 0 Å². The Balaban J connectivity index is 2.02. The summed E-state index contributed by atoms with van der Waals surface area (Å²) in [6.07, 6.45) is 4.40. The van der Waals surface area contributed by atoms with Crippen LogP contribution in [0.3, 0.4) is 0 Å². The number of cyclic esters (lactones) is 1. The van der Waals surface area contributed by atoms with Gasteiger partial charge in [-0.3, -0.25) is 0 Å². The van der Waals surface area contributed by atoms with Crippen LogP contribution in [0.1, 0.15) is 25.8 Å². The lowest BCUT2D eigenvalue weighted by Crippen LogP contribution is -2.31. The van der Waals surface area contributed by atoms with Crippen LogP contribution in [0.4, 0.5) is 4.79 Å². The molecule has 0 aliphatic carbocycles. The average molecular weight is 245 g/mol. The van der Waals surface area contributed by atoms with Crippen molar-refractivity contribution in [3.63, 3.8) is 0 Å². The number of carbonyl (C=O) groups excluding carboxylic acids is 1. The molecule has 1 heterocycles. The van der Waals surface area contributed by atoms with Gasteiger partial charge in [-0.2, -0.15) is 0 Å². The maximum Gasteiger partial charge on any atom is 0.408 e. The molecule has 1 fully saturated rings. The molecule has 3 heteroatoms. The summed E-state index contributed by atoms with van der Waals surface area (Å²) in [5, 5.41) is 2.86. The van der Waals surface area contributed by atoms with E-state index in [1.54, 1.807) is 0 Å². The molecule has 96 valence electrons. The van der Waals surface area contributed by atoms with Crippen molar-refractivity contribution >= 4 is 12.2 Å². The van der Waals surface area contributed by atoms with E-state index >= 15 is 0 Å². The van der Waals surface area contributed by atoms with Crippen molar-refractivity contribution in [2.45, 2.75) is 32.4 Å². The Morgan fingerprint density at radius 1 is 1.33 bits per heavy atom. The molecule has 1 aliphatic heterocycles. The second-order valence-corrected chi connectivity index (χ2v) is 5.02. The number of alkyl carbamates (subject to hydrolysis) is 1. The van der Waals surface area contributed by atoms with E-state index in [2.05, 4.69) is 19.2 Å². The van der Waals surface area contributed by atoms with Gasteiger partial charge in [0.25, 0.3) is 0 Å². The molecule has 1 aromatic carbocycles. The first-order chi connectivity index (χ1) is 8.65. The van der Waals surface area contributed by atoms with Crippen LogP contribution in [0, 0.1) is 5.92 Å². The topological polar surface area (TPSA) is 38.3 Å². The van der Waals surface area contributed by atoms with Gasteiger partial charge in [0, 0.05) is 0 Å². The number of hydrogen-bond donors (Lipinski definition) is 1. The van der Waals surface area contributed by atoms with Crippen molar-refractivity contribution in [2.75, 3.05) is 0 Å². The summed E-state index contributed by atoms with van der Waals surface area (Å²) >= 11 is 0. The Kier molecular flexibility index (Phi) is 4.03. The lowest BCUT2D eigenvalue weighted by Gasteiger charge is -2.15. The molecule has 2 atom stereocenters. The number of nitrogens with one attached hydrogen (secondary N) is 1. The van der Waals surface area contributed by atoms with Gasteiger partial charge in [-0.25, -0.2) is 4.79 Å². The van der Waals surface area contributed by atoms with Gasteiger partial charge in [-0.05, 0) is 24.0 Å². The van der Waals surface area contributed by atoms with E-state index in [-0.39, 0.29) is 18.2 Å². The molecular weight excluding hydrogens is 226 g/mol. The summed E-state index contributed by atoms with van der Waals surface area (Å²) in [6, 6.07) is 10.1. The van der Waals surface area contributed by atoms with E-state index in [0.29, 0.717) is 5.92 Å². The fourth-order valence-corrected chi connectivity index (χ4v) is 2.12. The van der Waals surface area contributed by atoms with Crippen LogP contribution in [-0.4, -0.2) is 18.2 Å². The maximum atomic E-state index is 11.3. The molecule has 3 nitrogen and oxygen atoms in total. The minimum atomic E-state index is -0.316. The van der Waals surface area contributed by atoms with Gasteiger partial charge in [-0.1, -0.05) is 50.3 Å². The largest absolute Gasteiger partial charge is 0.440 e. The van der Waals surface area contributed by atoms with Crippen molar-refractivity contribution in [3.8, 4) is 0 Å². The monoisotopic (exact) mass is 245 g/mol. The van der Waals surface area contributed by atoms with E-state index < -0.39 is 0 Å². The van der Waals surface area contributed by atoms with Gasteiger partial charge in [0.2, 0.25) is 0 Å². The third-order valence-electron chi connectivity index (χ3n) is 2.95. The molecule has 0 spiro atoms. The Morgan fingerprint density at radius 2 is 2.06 bits per heavy atom. The third kappa shape index (κ3) is 3.36. The molecule has 18 heavy (non-hydrogen) atoms.